The number of carbonyl (C=O) groups is 1. The van der Waals surface area contributed by atoms with Crippen molar-refractivity contribution in [3.05, 3.63) is 42.1 Å². The van der Waals surface area contributed by atoms with Crippen LogP contribution in [0.1, 0.15) is 18.5 Å². The lowest BCUT2D eigenvalue weighted by Crippen LogP contribution is -2.15. The van der Waals surface area contributed by atoms with Gasteiger partial charge in [0.05, 0.1) is 11.7 Å². The van der Waals surface area contributed by atoms with Gasteiger partial charge in [-0.25, -0.2) is 0 Å². The summed E-state index contributed by atoms with van der Waals surface area (Å²) in [5, 5.41) is 6.87. The highest BCUT2D eigenvalue weighted by molar-refractivity contribution is 5.59. The van der Waals surface area contributed by atoms with E-state index >= 15 is 0 Å². The summed E-state index contributed by atoms with van der Waals surface area (Å²) in [4.78, 5) is 10.4. The van der Waals surface area contributed by atoms with E-state index in [4.69, 9.17) is 0 Å². The molecule has 1 N–H and O–H groups in total. The average Bonchev–Trinajstić information content (AvgIpc) is 2.76. The molecule has 0 spiro atoms. The minimum Gasteiger partial charge on any atom is -0.352 e. The minimum atomic E-state index is 0.0353. The van der Waals surface area contributed by atoms with Crippen molar-refractivity contribution >= 4 is 6.41 Å². The van der Waals surface area contributed by atoms with Gasteiger partial charge in [-0.15, -0.1) is 0 Å². The summed E-state index contributed by atoms with van der Waals surface area (Å²) in [5.41, 5.74) is 3.28. The molecule has 2 aromatic rings. The number of aryl methyl sites for hydroxylation is 1. The lowest BCUT2D eigenvalue weighted by atomic mass is 10.0. The molecule has 0 fully saturated rings. The van der Waals surface area contributed by atoms with Crippen LogP contribution in [0.4, 0.5) is 0 Å². The standard InChI is InChI=1S/C13H15N3O/c1-10(14-9-17)11-3-5-12(6-4-11)13-7-8-15-16(13)2/h3-10H,1-2H3,(H,14,17). The van der Waals surface area contributed by atoms with Gasteiger partial charge in [-0.3, -0.25) is 9.48 Å². The molecule has 2 rings (SSSR count). The molecule has 0 saturated heterocycles. The van der Waals surface area contributed by atoms with Crippen molar-refractivity contribution in [2.45, 2.75) is 13.0 Å². The predicted molar refractivity (Wildman–Crippen MR) is 66.3 cm³/mol. The van der Waals surface area contributed by atoms with Crippen molar-refractivity contribution in [2.75, 3.05) is 0 Å². The first-order chi connectivity index (χ1) is 8.22. The molecule has 0 radical (unpaired) electrons. The highest BCUT2D eigenvalue weighted by Crippen LogP contribution is 2.20. The third-order valence-electron chi connectivity index (χ3n) is 2.85. The summed E-state index contributed by atoms with van der Waals surface area (Å²) in [6.07, 6.45) is 2.50. The summed E-state index contributed by atoms with van der Waals surface area (Å²) in [6.45, 7) is 1.95. The third-order valence-corrected chi connectivity index (χ3v) is 2.85. The molecule has 1 aromatic carbocycles. The van der Waals surface area contributed by atoms with E-state index in [1.807, 2.05) is 49.0 Å². The van der Waals surface area contributed by atoms with Crippen LogP contribution in [0.2, 0.25) is 0 Å². The fourth-order valence-electron chi connectivity index (χ4n) is 1.80. The smallest absolute Gasteiger partial charge is 0.207 e. The van der Waals surface area contributed by atoms with E-state index in [1.165, 1.54) is 0 Å². The number of aromatic nitrogens is 2. The molecular formula is C13H15N3O. The van der Waals surface area contributed by atoms with Crippen LogP contribution in [0.15, 0.2) is 36.5 Å². The van der Waals surface area contributed by atoms with E-state index in [1.54, 1.807) is 6.20 Å². The summed E-state index contributed by atoms with van der Waals surface area (Å²) in [7, 11) is 1.92. The van der Waals surface area contributed by atoms with Crippen LogP contribution in [0.25, 0.3) is 11.3 Å². The second-order valence-electron chi connectivity index (χ2n) is 3.97. The molecule has 0 bridgehead atoms. The highest BCUT2D eigenvalue weighted by atomic mass is 16.1. The van der Waals surface area contributed by atoms with E-state index in [2.05, 4.69) is 10.4 Å². The maximum atomic E-state index is 10.4. The summed E-state index contributed by atoms with van der Waals surface area (Å²) < 4.78 is 1.84. The van der Waals surface area contributed by atoms with E-state index in [0.29, 0.717) is 0 Å². The molecule has 0 aliphatic heterocycles. The van der Waals surface area contributed by atoms with Crippen LogP contribution in [0.5, 0.6) is 0 Å². The first-order valence-electron chi connectivity index (χ1n) is 5.50. The Bertz CT molecular complexity index is 502. The van der Waals surface area contributed by atoms with Gasteiger partial charge in [-0.05, 0) is 24.1 Å². The van der Waals surface area contributed by atoms with Gasteiger partial charge in [0.2, 0.25) is 6.41 Å². The van der Waals surface area contributed by atoms with Gasteiger partial charge in [0, 0.05) is 13.2 Å². The zero-order valence-corrected chi connectivity index (χ0v) is 9.92. The summed E-state index contributed by atoms with van der Waals surface area (Å²) in [5.74, 6) is 0. The quantitative estimate of drug-likeness (QED) is 0.814. The first-order valence-corrected chi connectivity index (χ1v) is 5.50. The SMILES string of the molecule is CC(NC=O)c1ccc(-c2ccnn2C)cc1. The number of carbonyl (C=O) groups excluding carboxylic acids is 1. The molecule has 0 aliphatic carbocycles. The van der Waals surface area contributed by atoms with Crippen molar-refractivity contribution in [3.8, 4) is 11.3 Å². The Morgan fingerprint density at radius 1 is 1.29 bits per heavy atom. The zero-order chi connectivity index (χ0) is 12.3. The molecule has 1 unspecified atom stereocenters. The lowest BCUT2D eigenvalue weighted by molar-refractivity contribution is -0.110. The van der Waals surface area contributed by atoms with Crippen LogP contribution in [0.3, 0.4) is 0 Å². The Morgan fingerprint density at radius 2 is 2.00 bits per heavy atom. The predicted octanol–water partition coefficient (Wildman–Crippen LogP) is 1.89. The number of nitrogens with zero attached hydrogens (tertiary/aromatic N) is 2. The topological polar surface area (TPSA) is 46.9 Å². The fourth-order valence-corrected chi connectivity index (χ4v) is 1.80. The second kappa shape index (κ2) is 4.82. The van der Waals surface area contributed by atoms with Gasteiger partial charge in [-0.1, -0.05) is 24.3 Å². The molecule has 1 aromatic heterocycles. The first kappa shape index (κ1) is 11.4. The van der Waals surface area contributed by atoms with E-state index in [9.17, 15) is 4.79 Å². The Hall–Kier alpha value is -2.10. The van der Waals surface area contributed by atoms with Crippen molar-refractivity contribution in [3.63, 3.8) is 0 Å². The second-order valence-corrected chi connectivity index (χ2v) is 3.97. The number of nitrogens with one attached hydrogen (secondary N) is 1. The van der Waals surface area contributed by atoms with Gasteiger partial charge in [0.15, 0.2) is 0 Å². The van der Waals surface area contributed by atoms with E-state index in [0.717, 1.165) is 23.2 Å². The van der Waals surface area contributed by atoms with Gasteiger partial charge >= 0.3 is 0 Å². The molecule has 1 heterocycles. The summed E-state index contributed by atoms with van der Waals surface area (Å²) in [6, 6.07) is 10.1. The van der Waals surface area contributed by atoms with Crippen LogP contribution >= 0.6 is 0 Å². The lowest BCUT2D eigenvalue weighted by Gasteiger charge is -2.11. The van der Waals surface area contributed by atoms with Crippen LogP contribution in [0, 0.1) is 0 Å². The number of amides is 1. The molecule has 4 heteroatoms. The van der Waals surface area contributed by atoms with Crippen molar-refractivity contribution in [1.82, 2.24) is 15.1 Å². The number of hydrogen-bond donors (Lipinski definition) is 1. The summed E-state index contributed by atoms with van der Waals surface area (Å²) >= 11 is 0. The van der Waals surface area contributed by atoms with Crippen LogP contribution in [-0.2, 0) is 11.8 Å². The Morgan fingerprint density at radius 3 is 2.53 bits per heavy atom. The Kier molecular flexibility index (Phi) is 3.23. The fraction of sp³-hybridized carbons (Fsp3) is 0.231. The normalized spacial score (nSPS) is 12.1. The van der Waals surface area contributed by atoms with Crippen molar-refractivity contribution in [1.29, 1.82) is 0 Å². The molecular weight excluding hydrogens is 214 g/mol. The minimum absolute atomic E-state index is 0.0353. The van der Waals surface area contributed by atoms with Crippen molar-refractivity contribution < 1.29 is 4.79 Å². The molecule has 1 amide bonds. The highest BCUT2D eigenvalue weighted by Gasteiger charge is 2.05. The maximum Gasteiger partial charge on any atom is 0.207 e. The number of hydrogen-bond acceptors (Lipinski definition) is 2. The Labute approximate surface area is 100 Å². The molecule has 0 aliphatic rings. The third kappa shape index (κ3) is 2.36. The van der Waals surface area contributed by atoms with E-state index < -0.39 is 0 Å². The van der Waals surface area contributed by atoms with Gasteiger partial charge in [-0.2, -0.15) is 5.10 Å². The molecule has 4 nitrogen and oxygen atoms in total. The Balaban J connectivity index is 2.24. The molecule has 88 valence electrons. The van der Waals surface area contributed by atoms with Crippen LogP contribution < -0.4 is 5.32 Å². The van der Waals surface area contributed by atoms with Crippen LogP contribution in [-0.4, -0.2) is 16.2 Å². The maximum absolute atomic E-state index is 10.4. The van der Waals surface area contributed by atoms with Gasteiger partial charge < -0.3 is 5.32 Å². The van der Waals surface area contributed by atoms with E-state index in [-0.39, 0.29) is 6.04 Å². The average molecular weight is 229 g/mol. The number of benzene rings is 1. The van der Waals surface area contributed by atoms with Crippen molar-refractivity contribution in [2.24, 2.45) is 7.05 Å². The molecule has 17 heavy (non-hydrogen) atoms. The zero-order valence-electron chi connectivity index (χ0n) is 9.92. The van der Waals surface area contributed by atoms with Gasteiger partial charge in [0.1, 0.15) is 0 Å². The monoisotopic (exact) mass is 229 g/mol. The number of rotatable bonds is 4. The van der Waals surface area contributed by atoms with Gasteiger partial charge in [0.25, 0.3) is 0 Å². The molecule has 1 atom stereocenters. The largest absolute Gasteiger partial charge is 0.352 e. The molecule has 0 saturated carbocycles.